The Morgan fingerprint density at radius 2 is 2.10 bits per heavy atom. The Morgan fingerprint density at radius 3 is 2.90 bits per heavy atom. The molecule has 0 spiro atoms. The lowest BCUT2D eigenvalue weighted by atomic mass is 10.0. The van der Waals surface area contributed by atoms with Crippen molar-refractivity contribution in [2.45, 2.75) is 26.2 Å². The molecule has 0 atom stereocenters. The minimum atomic E-state index is -0.426. The van der Waals surface area contributed by atoms with Crippen LogP contribution in [-0.2, 0) is 11.2 Å². The predicted octanol–water partition coefficient (Wildman–Crippen LogP) is 4.68. The number of anilines is 1. The summed E-state index contributed by atoms with van der Waals surface area (Å²) in [6, 6.07) is 12.2. The molecule has 0 aliphatic rings. The number of ether oxygens (including phenoxy) is 1. The highest BCUT2D eigenvalue weighted by Gasteiger charge is 2.13. The van der Waals surface area contributed by atoms with Crippen molar-refractivity contribution >= 4 is 45.5 Å². The van der Waals surface area contributed by atoms with Crippen molar-refractivity contribution in [1.82, 2.24) is 9.97 Å². The number of nitrogens with zero attached hydrogens (tertiary/aromatic N) is 1. The van der Waals surface area contributed by atoms with E-state index in [-0.39, 0.29) is 12.4 Å². The number of aromatic nitrogens is 2. The third kappa shape index (κ3) is 4.31. The molecule has 0 saturated carbocycles. The minimum absolute atomic E-state index is 0.264. The molecule has 7 nitrogen and oxygen atoms in total. The largest absolute Gasteiger partial charge is 0.482 e. The van der Waals surface area contributed by atoms with Gasteiger partial charge in [0.1, 0.15) is 11.3 Å². The number of para-hydroxylation sites is 2. The molecule has 1 amide bonds. The Morgan fingerprint density at radius 1 is 1.27 bits per heavy atom. The number of hydrogen-bond acceptors (Lipinski definition) is 5. The highest BCUT2D eigenvalue weighted by molar-refractivity contribution is 6.32. The molecule has 0 aliphatic heterocycles. The summed E-state index contributed by atoms with van der Waals surface area (Å²) in [5, 5.41) is 3.76. The number of rotatable bonds is 7. The van der Waals surface area contributed by atoms with E-state index in [2.05, 4.69) is 22.2 Å². The lowest BCUT2D eigenvalue weighted by Gasteiger charge is -2.10. The monoisotopic (exact) mass is 425 g/mol. The molecule has 0 radical (unpaired) electrons. The molecule has 8 heteroatoms. The molecule has 4 rings (SSSR count). The van der Waals surface area contributed by atoms with Crippen LogP contribution in [-0.4, -0.2) is 22.5 Å². The molecule has 0 bridgehead atoms. The zero-order chi connectivity index (χ0) is 21.1. The zero-order valence-corrected chi connectivity index (χ0v) is 17.1. The van der Waals surface area contributed by atoms with E-state index in [1.165, 1.54) is 6.07 Å². The van der Waals surface area contributed by atoms with E-state index in [9.17, 15) is 9.59 Å². The molecule has 0 fully saturated rings. The fourth-order valence-corrected chi connectivity index (χ4v) is 3.45. The summed E-state index contributed by atoms with van der Waals surface area (Å²) >= 11 is 6.35. The maximum absolute atomic E-state index is 12.3. The van der Waals surface area contributed by atoms with Crippen LogP contribution in [0.1, 0.15) is 25.3 Å². The molecule has 0 saturated heterocycles. The van der Waals surface area contributed by atoms with Gasteiger partial charge in [0.15, 0.2) is 6.61 Å². The van der Waals surface area contributed by atoms with Gasteiger partial charge in [-0.15, -0.1) is 0 Å². The van der Waals surface area contributed by atoms with Crippen molar-refractivity contribution in [2.24, 2.45) is 0 Å². The number of nitrogens with one attached hydrogen (secondary N) is 2. The van der Waals surface area contributed by atoms with Crippen LogP contribution in [0, 0.1) is 0 Å². The Hall–Kier alpha value is -3.32. The average Bonchev–Trinajstić information content (AvgIpc) is 3.13. The first kappa shape index (κ1) is 20.0. The first-order valence-corrected chi connectivity index (χ1v) is 10.0. The molecule has 0 aliphatic carbocycles. The van der Waals surface area contributed by atoms with Crippen molar-refractivity contribution in [3.63, 3.8) is 0 Å². The summed E-state index contributed by atoms with van der Waals surface area (Å²) in [5.41, 5.74) is 2.41. The smallest absolute Gasteiger partial charge is 0.336 e. The number of fused-ring (bicyclic) bond motifs is 2. The standard InChI is InChI=1S/C22H20ClN3O4/c1-2-3-6-13-9-21(28)30-18-11-19(15(23)10-14(13)18)29-12-20(27)26-22-24-16-7-4-5-8-17(16)25-22/h4-5,7-11H,2-3,6,12H2,1H3,(H2,24,25,26,27). The summed E-state index contributed by atoms with van der Waals surface area (Å²) in [6.07, 6.45) is 2.72. The molecule has 154 valence electrons. The average molecular weight is 426 g/mol. The molecule has 2 heterocycles. The second-order valence-corrected chi connectivity index (χ2v) is 7.32. The van der Waals surface area contributed by atoms with Crippen molar-refractivity contribution in [1.29, 1.82) is 0 Å². The van der Waals surface area contributed by atoms with Crippen LogP contribution >= 0.6 is 11.6 Å². The van der Waals surface area contributed by atoms with E-state index in [0.717, 1.165) is 41.2 Å². The fourth-order valence-electron chi connectivity index (χ4n) is 3.24. The number of carbonyl (C=O) groups is 1. The Kier molecular flexibility index (Phi) is 5.72. The fraction of sp³-hybridized carbons (Fsp3) is 0.227. The van der Waals surface area contributed by atoms with Crippen LogP contribution in [0.3, 0.4) is 0 Å². The number of benzene rings is 2. The summed E-state index contributed by atoms with van der Waals surface area (Å²) in [5.74, 6) is 0.198. The summed E-state index contributed by atoms with van der Waals surface area (Å²) in [7, 11) is 0. The molecule has 4 aromatic rings. The van der Waals surface area contributed by atoms with E-state index in [1.807, 2.05) is 24.3 Å². The van der Waals surface area contributed by atoms with Crippen LogP contribution in [0.25, 0.3) is 22.0 Å². The molecular weight excluding hydrogens is 406 g/mol. The number of hydrogen-bond donors (Lipinski definition) is 2. The molecule has 2 N–H and O–H groups in total. The number of imidazole rings is 1. The van der Waals surface area contributed by atoms with E-state index in [1.54, 1.807) is 12.1 Å². The predicted molar refractivity (Wildman–Crippen MR) is 116 cm³/mol. The number of aromatic amines is 1. The highest BCUT2D eigenvalue weighted by Crippen LogP contribution is 2.31. The van der Waals surface area contributed by atoms with Gasteiger partial charge in [0.25, 0.3) is 5.91 Å². The minimum Gasteiger partial charge on any atom is -0.482 e. The van der Waals surface area contributed by atoms with Gasteiger partial charge in [0.05, 0.1) is 16.1 Å². The number of halogens is 1. The maximum atomic E-state index is 12.3. The van der Waals surface area contributed by atoms with Gasteiger partial charge < -0.3 is 14.1 Å². The molecular formula is C22H20ClN3O4. The van der Waals surface area contributed by atoms with E-state index in [4.69, 9.17) is 20.8 Å². The normalized spacial score (nSPS) is 11.1. The van der Waals surface area contributed by atoms with Gasteiger partial charge in [-0.3, -0.25) is 10.1 Å². The Labute approximate surface area is 177 Å². The van der Waals surface area contributed by atoms with Crippen LogP contribution in [0.15, 0.2) is 51.7 Å². The lowest BCUT2D eigenvalue weighted by molar-refractivity contribution is -0.118. The van der Waals surface area contributed by atoms with Gasteiger partial charge in [-0.05, 0) is 36.6 Å². The van der Waals surface area contributed by atoms with Crippen molar-refractivity contribution < 1.29 is 13.9 Å². The van der Waals surface area contributed by atoms with Crippen molar-refractivity contribution in [3.05, 3.63) is 63.5 Å². The summed E-state index contributed by atoms with van der Waals surface area (Å²) in [6.45, 7) is 1.81. The zero-order valence-electron chi connectivity index (χ0n) is 16.3. The first-order valence-electron chi connectivity index (χ1n) is 9.67. The van der Waals surface area contributed by atoms with E-state index < -0.39 is 11.5 Å². The van der Waals surface area contributed by atoms with Gasteiger partial charge in [0.2, 0.25) is 5.95 Å². The number of carbonyl (C=O) groups excluding carboxylic acids is 1. The second-order valence-electron chi connectivity index (χ2n) is 6.91. The van der Waals surface area contributed by atoms with Crippen LogP contribution < -0.4 is 15.7 Å². The van der Waals surface area contributed by atoms with E-state index >= 15 is 0 Å². The van der Waals surface area contributed by atoms with Gasteiger partial charge in [-0.25, -0.2) is 9.78 Å². The molecule has 30 heavy (non-hydrogen) atoms. The summed E-state index contributed by atoms with van der Waals surface area (Å²) < 4.78 is 10.9. The SMILES string of the molecule is CCCCc1cc(=O)oc2cc(OCC(=O)Nc3nc4ccccc4[nH]3)c(Cl)cc12. The van der Waals surface area contributed by atoms with Crippen LogP contribution in [0.4, 0.5) is 5.95 Å². The number of unbranched alkanes of at least 4 members (excludes halogenated alkanes) is 1. The van der Waals surface area contributed by atoms with Gasteiger partial charge in [-0.2, -0.15) is 0 Å². The Balaban J connectivity index is 1.49. The second kappa shape index (κ2) is 8.59. The third-order valence-electron chi connectivity index (χ3n) is 4.69. The third-order valence-corrected chi connectivity index (χ3v) is 4.98. The van der Waals surface area contributed by atoms with Crippen molar-refractivity contribution in [2.75, 3.05) is 11.9 Å². The summed E-state index contributed by atoms with van der Waals surface area (Å²) in [4.78, 5) is 31.4. The van der Waals surface area contributed by atoms with Crippen molar-refractivity contribution in [3.8, 4) is 5.75 Å². The quantitative estimate of drug-likeness (QED) is 0.419. The molecule has 0 unspecified atom stereocenters. The number of H-pyrrole nitrogens is 1. The van der Waals surface area contributed by atoms with Gasteiger partial charge >= 0.3 is 5.63 Å². The number of amides is 1. The Bertz CT molecular complexity index is 1250. The van der Waals surface area contributed by atoms with Crippen LogP contribution in [0.5, 0.6) is 5.75 Å². The van der Waals surface area contributed by atoms with Crippen LogP contribution in [0.2, 0.25) is 5.02 Å². The molecule has 2 aromatic heterocycles. The van der Waals surface area contributed by atoms with E-state index in [0.29, 0.717) is 16.6 Å². The topological polar surface area (TPSA) is 97.2 Å². The molecule has 2 aromatic carbocycles. The number of aryl methyl sites for hydroxylation is 1. The maximum Gasteiger partial charge on any atom is 0.336 e. The lowest BCUT2D eigenvalue weighted by Crippen LogP contribution is -2.21. The van der Waals surface area contributed by atoms with Gasteiger partial charge in [-0.1, -0.05) is 37.1 Å². The first-order chi connectivity index (χ1) is 14.5. The van der Waals surface area contributed by atoms with Gasteiger partial charge in [0, 0.05) is 17.5 Å². The highest BCUT2D eigenvalue weighted by atomic mass is 35.5.